The maximum atomic E-state index is 14.0. The third-order valence-electron chi connectivity index (χ3n) is 8.15. The molecule has 0 spiro atoms. The maximum absolute atomic E-state index is 14.0. The summed E-state index contributed by atoms with van der Waals surface area (Å²) in [6.45, 7) is -0.609. The van der Waals surface area contributed by atoms with Crippen LogP contribution in [0, 0.1) is 5.92 Å². The second kappa shape index (κ2) is 10.7. The van der Waals surface area contributed by atoms with Crippen molar-refractivity contribution < 1.29 is 40.6 Å². The third kappa shape index (κ3) is 5.62. The highest BCUT2D eigenvalue weighted by Gasteiger charge is 2.48. The van der Waals surface area contributed by atoms with E-state index in [4.69, 9.17) is 20.6 Å². The molecule has 2 aromatic heterocycles. The van der Waals surface area contributed by atoms with Gasteiger partial charge in [-0.2, -0.15) is 13.2 Å². The third-order valence-corrected chi connectivity index (χ3v) is 8.44. The van der Waals surface area contributed by atoms with Crippen molar-refractivity contribution in [1.29, 1.82) is 0 Å². The van der Waals surface area contributed by atoms with Crippen molar-refractivity contribution >= 4 is 34.6 Å². The number of alkyl halides is 6. The van der Waals surface area contributed by atoms with Crippen molar-refractivity contribution in [3.8, 4) is 0 Å². The van der Waals surface area contributed by atoms with E-state index in [1.807, 2.05) is 5.32 Å². The SMILES string of the molecule is O=C(NC(c1nc2cc(C(CCl)N3CC(C(F)(F)F)NC3=O)ccc2o1)C1CCC(F)(F)CC1)c1nonc1C1CC1. The molecule has 0 bridgehead atoms. The highest BCUT2D eigenvalue weighted by molar-refractivity contribution is 6.18. The van der Waals surface area contributed by atoms with Crippen LogP contribution in [0.4, 0.5) is 26.7 Å². The smallest absolute Gasteiger partial charge is 0.410 e. The van der Waals surface area contributed by atoms with Crippen LogP contribution in [0.3, 0.4) is 0 Å². The van der Waals surface area contributed by atoms with Crippen LogP contribution in [0.5, 0.6) is 0 Å². The van der Waals surface area contributed by atoms with Crippen LogP contribution in [0.15, 0.2) is 27.2 Å². The number of nitrogens with zero attached hydrogens (tertiary/aromatic N) is 4. The number of carbonyl (C=O) groups is 2. The maximum Gasteiger partial charge on any atom is 0.410 e. The Morgan fingerprint density at radius 1 is 1.19 bits per heavy atom. The van der Waals surface area contributed by atoms with Crippen LogP contribution in [0.1, 0.15) is 84.2 Å². The van der Waals surface area contributed by atoms with Crippen LogP contribution in [-0.4, -0.2) is 62.7 Å². The van der Waals surface area contributed by atoms with Crippen molar-refractivity contribution in [1.82, 2.24) is 30.8 Å². The largest absolute Gasteiger partial charge is 0.438 e. The van der Waals surface area contributed by atoms with Crippen molar-refractivity contribution in [3.05, 3.63) is 41.0 Å². The Morgan fingerprint density at radius 2 is 1.93 bits per heavy atom. The first-order valence-electron chi connectivity index (χ1n) is 13.5. The molecular weight excluding hydrogens is 591 g/mol. The molecule has 3 atom stereocenters. The lowest BCUT2D eigenvalue weighted by Crippen LogP contribution is -2.40. The molecule has 3 heterocycles. The Hall–Kier alpha value is -3.49. The molecule has 6 rings (SSSR count). The average Bonchev–Trinajstić information content (AvgIpc) is 3.31. The Morgan fingerprint density at radius 3 is 2.57 bits per heavy atom. The summed E-state index contributed by atoms with van der Waals surface area (Å²) in [6.07, 6.45) is -3.43. The molecule has 3 fully saturated rings. The summed E-state index contributed by atoms with van der Waals surface area (Å²) in [5.74, 6) is -3.85. The number of hydrogen-bond acceptors (Lipinski definition) is 7. The molecule has 42 heavy (non-hydrogen) atoms. The lowest BCUT2D eigenvalue weighted by atomic mass is 9.82. The number of nitrogens with one attached hydrogen (secondary N) is 2. The van der Waals surface area contributed by atoms with Crippen LogP contribution in [0.25, 0.3) is 11.1 Å². The first-order valence-corrected chi connectivity index (χ1v) is 14.1. The van der Waals surface area contributed by atoms with E-state index in [1.165, 1.54) is 6.07 Å². The second-order valence-electron chi connectivity index (χ2n) is 11.1. The summed E-state index contributed by atoms with van der Waals surface area (Å²) in [5, 5.41) is 12.4. The van der Waals surface area contributed by atoms with E-state index in [1.54, 1.807) is 12.1 Å². The highest BCUT2D eigenvalue weighted by atomic mass is 35.5. The number of benzene rings is 1. The molecule has 1 aliphatic heterocycles. The average molecular weight is 617 g/mol. The normalized spacial score (nSPS) is 22.8. The van der Waals surface area contributed by atoms with Gasteiger partial charge in [0.2, 0.25) is 11.8 Å². The van der Waals surface area contributed by atoms with Crippen molar-refractivity contribution in [2.75, 3.05) is 12.4 Å². The quantitative estimate of drug-likeness (QED) is 0.248. The predicted octanol–water partition coefficient (Wildman–Crippen LogP) is 5.62. The summed E-state index contributed by atoms with van der Waals surface area (Å²) in [4.78, 5) is 31.2. The lowest BCUT2D eigenvalue weighted by Gasteiger charge is -2.32. The van der Waals surface area contributed by atoms with Crippen LogP contribution in [0.2, 0.25) is 0 Å². The zero-order valence-corrected chi connectivity index (χ0v) is 22.7. The fraction of sp³-hybridized carbons (Fsp3) is 0.577. The number of hydrogen-bond donors (Lipinski definition) is 2. The zero-order valence-electron chi connectivity index (χ0n) is 22.0. The molecule has 3 aromatic rings. The minimum atomic E-state index is -4.61. The lowest BCUT2D eigenvalue weighted by molar-refractivity contribution is -0.150. The van der Waals surface area contributed by atoms with Gasteiger partial charge in [-0.3, -0.25) is 4.79 Å². The van der Waals surface area contributed by atoms with Gasteiger partial charge < -0.3 is 20.0 Å². The molecule has 3 unspecified atom stereocenters. The summed E-state index contributed by atoms with van der Waals surface area (Å²) >= 11 is 6.11. The molecule has 16 heteroatoms. The van der Waals surface area contributed by atoms with E-state index >= 15 is 0 Å². The van der Waals surface area contributed by atoms with Gasteiger partial charge in [-0.15, -0.1) is 11.6 Å². The first kappa shape index (κ1) is 28.6. The molecule has 2 N–H and O–H groups in total. The van der Waals surface area contributed by atoms with E-state index < -0.39 is 54.6 Å². The molecule has 2 saturated carbocycles. The van der Waals surface area contributed by atoms with Gasteiger partial charge in [-0.05, 0) is 54.5 Å². The number of oxazole rings is 1. The van der Waals surface area contributed by atoms with E-state index in [9.17, 15) is 31.5 Å². The van der Waals surface area contributed by atoms with Gasteiger partial charge in [0.25, 0.3) is 5.91 Å². The van der Waals surface area contributed by atoms with E-state index in [0.717, 1.165) is 17.7 Å². The minimum absolute atomic E-state index is 0.0213. The van der Waals surface area contributed by atoms with Gasteiger partial charge >= 0.3 is 12.2 Å². The number of aromatic nitrogens is 3. The Kier molecular flexibility index (Phi) is 7.26. The molecule has 2 aliphatic carbocycles. The van der Waals surface area contributed by atoms with Gasteiger partial charge in [0.05, 0.1) is 12.6 Å². The number of halogens is 6. The topological polar surface area (TPSA) is 126 Å². The minimum Gasteiger partial charge on any atom is -0.438 e. The Bertz CT molecular complexity index is 1480. The van der Waals surface area contributed by atoms with Crippen molar-refractivity contribution in [2.24, 2.45) is 5.92 Å². The number of urea groups is 1. The van der Waals surface area contributed by atoms with Gasteiger partial charge in [0.1, 0.15) is 23.3 Å². The summed E-state index contributed by atoms with van der Waals surface area (Å²) < 4.78 is 78.4. The monoisotopic (exact) mass is 616 g/mol. The van der Waals surface area contributed by atoms with Gasteiger partial charge in [-0.25, -0.2) is 23.2 Å². The number of amides is 3. The van der Waals surface area contributed by atoms with Crippen LogP contribution in [-0.2, 0) is 0 Å². The number of fused-ring (bicyclic) bond motifs is 1. The van der Waals surface area contributed by atoms with E-state index in [2.05, 4.69) is 20.6 Å². The predicted molar refractivity (Wildman–Crippen MR) is 136 cm³/mol. The standard InChI is InChI=1S/C26H26ClF5N6O4/c27-10-16(38-11-18(26(30,31)32)34-24(38)40)14-3-4-17-15(9-14)33-23(41-17)20(13-5-7-25(28,29)8-6-13)35-22(39)21-19(12-1-2-12)36-42-37-21/h3-4,9,12-13,16,18,20H,1-2,5-8,10-11H2,(H,34,40)(H,35,39). The van der Waals surface area contributed by atoms with E-state index in [0.29, 0.717) is 22.4 Å². The molecule has 226 valence electrons. The Labute approximate surface area is 240 Å². The molecule has 1 saturated heterocycles. The van der Waals surface area contributed by atoms with Gasteiger partial charge in [0, 0.05) is 24.6 Å². The van der Waals surface area contributed by atoms with Crippen molar-refractivity contribution in [3.63, 3.8) is 0 Å². The summed E-state index contributed by atoms with van der Waals surface area (Å²) in [6, 6.07) is -0.0367. The fourth-order valence-corrected chi connectivity index (χ4v) is 5.98. The number of rotatable bonds is 8. The van der Waals surface area contributed by atoms with E-state index in [-0.39, 0.29) is 49.1 Å². The zero-order chi connectivity index (χ0) is 29.8. The fourth-order valence-electron chi connectivity index (χ4n) is 5.63. The van der Waals surface area contributed by atoms with Crippen LogP contribution < -0.4 is 10.6 Å². The Balaban J connectivity index is 1.28. The molecule has 1 aromatic carbocycles. The highest BCUT2D eigenvalue weighted by Crippen LogP contribution is 2.43. The summed E-state index contributed by atoms with van der Waals surface area (Å²) in [5.41, 5.74) is 1.48. The second-order valence-corrected chi connectivity index (χ2v) is 11.4. The van der Waals surface area contributed by atoms with Gasteiger partial charge in [0.15, 0.2) is 11.3 Å². The first-order chi connectivity index (χ1) is 19.9. The van der Waals surface area contributed by atoms with Crippen LogP contribution >= 0.6 is 11.6 Å². The molecule has 10 nitrogen and oxygen atoms in total. The summed E-state index contributed by atoms with van der Waals surface area (Å²) in [7, 11) is 0. The number of carbonyl (C=O) groups excluding carboxylic acids is 2. The van der Waals surface area contributed by atoms with Crippen molar-refractivity contribution in [2.45, 2.75) is 74.7 Å². The molecular formula is C26H26ClF5N6O4. The van der Waals surface area contributed by atoms with Gasteiger partial charge in [-0.1, -0.05) is 11.2 Å². The molecule has 3 aliphatic rings. The molecule has 0 radical (unpaired) electrons. The molecule has 3 amide bonds.